The molecule has 1 aromatic carbocycles. The Hall–Kier alpha value is -3.83. The average Bonchev–Trinajstić information content (AvgIpc) is 3.28. The van der Waals surface area contributed by atoms with Crippen LogP contribution in [0.3, 0.4) is 0 Å². The number of piperazine rings is 1. The molecule has 0 unspecified atom stereocenters. The van der Waals surface area contributed by atoms with E-state index in [0.717, 1.165) is 12.1 Å². The summed E-state index contributed by atoms with van der Waals surface area (Å²) < 4.78 is 38.9. The molecule has 0 aliphatic carbocycles. The number of pyridine rings is 1. The van der Waals surface area contributed by atoms with Crippen molar-refractivity contribution >= 4 is 11.8 Å². The molecule has 0 N–H and O–H groups in total. The molecule has 12 heteroatoms. The largest absolute Gasteiger partial charge is 0.433 e. The van der Waals surface area contributed by atoms with Gasteiger partial charge >= 0.3 is 6.18 Å². The van der Waals surface area contributed by atoms with Crippen molar-refractivity contribution in [2.75, 3.05) is 19.6 Å². The first-order valence-electron chi connectivity index (χ1n) is 10.1. The summed E-state index contributed by atoms with van der Waals surface area (Å²) in [5.74, 6) is -1.17. The van der Waals surface area contributed by atoms with Gasteiger partial charge in [0.25, 0.3) is 17.6 Å². The van der Waals surface area contributed by atoms with Crippen LogP contribution in [-0.4, -0.2) is 72.0 Å². The first kappa shape index (κ1) is 22.4. The van der Waals surface area contributed by atoms with Crippen molar-refractivity contribution in [1.82, 2.24) is 35.0 Å². The van der Waals surface area contributed by atoms with E-state index in [9.17, 15) is 22.8 Å². The Kier molecular flexibility index (Phi) is 5.60. The number of alkyl halides is 3. The topological polar surface area (TPSA) is 97.1 Å². The van der Waals surface area contributed by atoms with Gasteiger partial charge in [-0.2, -0.15) is 13.2 Å². The van der Waals surface area contributed by atoms with Crippen molar-refractivity contribution in [2.45, 2.75) is 25.6 Å². The van der Waals surface area contributed by atoms with Crippen LogP contribution in [0, 0.1) is 0 Å². The fourth-order valence-corrected chi connectivity index (χ4v) is 3.67. The molecule has 9 nitrogen and oxygen atoms in total. The lowest BCUT2D eigenvalue weighted by Gasteiger charge is -2.46. The summed E-state index contributed by atoms with van der Waals surface area (Å²) in [6.07, 6.45) is -4.65. The summed E-state index contributed by atoms with van der Waals surface area (Å²) in [5, 5.41) is 11.9. The molecule has 4 rings (SSSR count). The maximum atomic E-state index is 13.1. The molecule has 2 amide bonds. The van der Waals surface area contributed by atoms with Gasteiger partial charge in [-0.1, -0.05) is 24.3 Å². The molecule has 3 heterocycles. The quantitative estimate of drug-likeness (QED) is 0.597. The number of halogens is 3. The number of rotatable bonds is 3. The lowest BCUT2D eigenvalue weighted by Crippen LogP contribution is -2.62. The van der Waals surface area contributed by atoms with Gasteiger partial charge in [0, 0.05) is 19.6 Å². The predicted octanol–water partition coefficient (Wildman–Crippen LogP) is 2.45. The molecule has 0 spiro atoms. The van der Waals surface area contributed by atoms with Crippen molar-refractivity contribution in [3.63, 3.8) is 0 Å². The third-order valence-corrected chi connectivity index (χ3v) is 5.29. The third kappa shape index (κ3) is 4.54. The summed E-state index contributed by atoms with van der Waals surface area (Å²) in [6.45, 7) is 3.88. The van der Waals surface area contributed by atoms with Crippen LogP contribution in [0.25, 0.3) is 5.69 Å². The van der Waals surface area contributed by atoms with E-state index in [0.29, 0.717) is 5.69 Å². The zero-order chi connectivity index (χ0) is 23.8. The van der Waals surface area contributed by atoms with Gasteiger partial charge in [-0.05, 0) is 43.3 Å². The molecule has 0 saturated carbocycles. The summed E-state index contributed by atoms with van der Waals surface area (Å²) in [5.41, 5.74) is -1.61. The SMILES string of the molecule is CC1(C)CN(C(=O)c2cccc(C(F)(F)F)n2)CCN1C(=O)c1nnn(-c2ccccc2)n1. The minimum absolute atomic E-state index is 0.0914. The van der Waals surface area contributed by atoms with Gasteiger partial charge < -0.3 is 9.80 Å². The molecule has 0 bridgehead atoms. The lowest BCUT2D eigenvalue weighted by molar-refractivity contribution is -0.141. The zero-order valence-electron chi connectivity index (χ0n) is 17.8. The van der Waals surface area contributed by atoms with E-state index in [4.69, 9.17) is 0 Å². The lowest BCUT2D eigenvalue weighted by atomic mass is 9.98. The van der Waals surface area contributed by atoms with E-state index in [2.05, 4.69) is 20.4 Å². The molecule has 1 fully saturated rings. The number of para-hydroxylation sites is 1. The normalized spacial score (nSPS) is 16.0. The van der Waals surface area contributed by atoms with Gasteiger partial charge in [-0.15, -0.1) is 15.0 Å². The fourth-order valence-electron chi connectivity index (χ4n) is 3.67. The second-order valence-electron chi connectivity index (χ2n) is 8.14. The molecular weight excluding hydrogens is 439 g/mol. The number of carbonyl (C=O) groups is 2. The van der Waals surface area contributed by atoms with E-state index in [1.54, 1.807) is 38.1 Å². The minimum atomic E-state index is -4.65. The molecule has 172 valence electrons. The standard InChI is InChI=1S/C21H20F3N7O2/c1-20(2)13-29(18(32)15-9-6-10-16(25-15)21(22,23)24)11-12-30(20)19(33)17-26-28-31(27-17)14-7-4-3-5-8-14/h3-10H,11-13H2,1-2H3. The van der Waals surface area contributed by atoms with E-state index in [-0.39, 0.29) is 31.2 Å². The molecule has 2 aromatic heterocycles. The van der Waals surface area contributed by atoms with Crippen molar-refractivity contribution in [2.24, 2.45) is 0 Å². The maximum absolute atomic E-state index is 13.1. The van der Waals surface area contributed by atoms with Crippen LogP contribution in [0.4, 0.5) is 13.2 Å². The Balaban J connectivity index is 1.49. The minimum Gasteiger partial charge on any atom is -0.333 e. The molecular formula is C21H20F3N7O2. The molecule has 1 aliphatic rings. The number of nitrogens with zero attached hydrogens (tertiary/aromatic N) is 7. The molecule has 0 atom stereocenters. The van der Waals surface area contributed by atoms with Crippen LogP contribution in [0.5, 0.6) is 0 Å². The maximum Gasteiger partial charge on any atom is 0.433 e. The Morgan fingerprint density at radius 2 is 1.70 bits per heavy atom. The van der Waals surface area contributed by atoms with E-state index >= 15 is 0 Å². The molecule has 33 heavy (non-hydrogen) atoms. The van der Waals surface area contributed by atoms with Gasteiger partial charge in [-0.25, -0.2) is 4.98 Å². The summed E-state index contributed by atoms with van der Waals surface area (Å²) in [7, 11) is 0. The number of aromatic nitrogens is 5. The highest BCUT2D eigenvalue weighted by molar-refractivity contribution is 5.93. The average molecular weight is 459 g/mol. The number of carbonyl (C=O) groups excluding carboxylic acids is 2. The second-order valence-corrected chi connectivity index (χ2v) is 8.14. The van der Waals surface area contributed by atoms with Crippen LogP contribution in [0.2, 0.25) is 0 Å². The second kappa shape index (κ2) is 8.26. The highest BCUT2D eigenvalue weighted by Crippen LogP contribution is 2.28. The highest BCUT2D eigenvalue weighted by Gasteiger charge is 2.41. The van der Waals surface area contributed by atoms with Crippen LogP contribution >= 0.6 is 0 Å². The van der Waals surface area contributed by atoms with Crippen LogP contribution in [0.15, 0.2) is 48.5 Å². The number of amides is 2. The van der Waals surface area contributed by atoms with Crippen molar-refractivity contribution < 1.29 is 22.8 Å². The molecule has 1 aliphatic heterocycles. The molecule has 1 saturated heterocycles. The van der Waals surface area contributed by atoms with Gasteiger partial charge in [0.2, 0.25) is 0 Å². The van der Waals surface area contributed by atoms with Crippen molar-refractivity contribution in [3.8, 4) is 5.69 Å². The van der Waals surface area contributed by atoms with Gasteiger partial charge in [0.1, 0.15) is 11.4 Å². The smallest absolute Gasteiger partial charge is 0.333 e. The summed E-state index contributed by atoms with van der Waals surface area (Å²) in [4.78, 5) is 33.5. The number of hydrogen-bond acceptors (Lipinski definition) is 6. The number of hydrogen-bond donors (Lipinski definition) is 0. The van der Waals surface area contributed by atoms with E-state index in [1.165, 1.54) is 20.7 Å². The van der Waals surface area contributed by atoms with Crippen molar-refractivity contribution in [1.29, 1.82) is 0 Å². The van der Waals surface area contributed by atoms with E-state index < -0.39 is 29.2 Å². The molecule has 3 aromatic rings. The predicted molar refractivity (Wildman–Crippen MR) is 109 cm³/mol. The van der Waals surface area contributed by atoms with Crippen LogP contribution in [0.1, 0.15) is 40.6 Å². The summed E-state index contributed by atoms with van der Waals surface area (Å²) in [6, 6.07) is 12.2. The first-order valence-corrected chi connectivity index (χ1v) is 10.1. The van der Waals surface area contributed by atoms with Crippen LogP contribution < -0.4 is 0 Å². The van der Waals surface area contributed by atoms with Gasteiger partial charge in [0.05, 0.1) is 11.2 Å². The first-order chi connectivity index (χ1) is 15.6. The Morgan fingerprint density at radius 1 is 0.970 bits per heavy atom. The van der Waals surface area contributed by atoms with Gasteiger partial charge in [0.15, 0.2) is 0 Å². The van der Waals surface area contributed by atoms with Gasteiger partial charge in [-0.3, -0.25) is 9.59 Å². The molecule has 0 radical (unpaired) electrons. The van der Waals surface area contributed by atoms with E-state index in [1.807, 2.05) is 6.07 Å². The highest BCUT2D eigenvalue weighted by atomic mass is 19.4. The fraction of sp³-hybridized carbons (Fsp3) is 0.333. The van der Waals surface area contributed by atoms with Crippen molar-refractivity contribution in [3.05, 3.63) is 65.7 Å². The summed E-state index contributed by atoms with van der Waals surface area (Å²) >= 11 is 0. The monoisotopic (exact) mass is 459 g/mol. The Bertz CT molecular complexity index is 1180. The number of benzene rings is 1. The Morgan fingerprint density at radius 3 is 2.36 bits per heavy atom. The third-order valence-electron chi connectivity index (χ3n) is 5.29. The Labute approximate surface area is 186 Å². The van der Waals surface area contributed by atoms with Crippen LogP contribution in [-0.2, 0) is 6.18 Å². The zero-order valence-corrected chi connectivity index (χ0v) is 17.8. The number of tetrazole rings is 1.